The maximum absolute atomic E-state index is 6.02. The third-order valence-electron chi connectivity index (χ3n) is 3.35. The summed E-state index contributed by atoms with van der Waals surface area (Å²) in [6, 6.07) is 5.39. The topological polar surface area (TPSA) is 21.3 Å². The first-order valence-corrected chi connectivity index (χ1v) is 7.30. The minimum Gasteiger partial charge on any atom is -0.489 e. The molecule has 1 saturated carbocycles. The summed E-state index contributed by atoms with van der Waals surface area (Å²) in [5.41, 5.74) is 0. The second kappa shape index (κ2) is 7.22. The number of para-hydroxylation sites is 1. The van der Waals surface area contributed by atoms with Crippen molar-refractivity contribution in [2.24, 2.45) is 5.92 Å². The second-order valence-electron chi connectivity index (χ2n) is 4.75. The summed E-state index contributed by atoms with van der Waals surface area (Å²) in [5.74, 6) is 1.44. The van der Waals surface area contributed by atoms with E-state index in [4.69, 9.17) is 27.9 Å². The molecule has 0 aliphatic heterocycles. The van der Waals surface area contributed by atoms with Gasteiger partial charge in [0.25, 0.3) is 0 Å². The number of benzene rings is 1. The summed E-state index contributed by atoms with van der Waals surface area (Å²) in [6.45, 7) is 2.52. The Bertz CT molecular complexity index is 358. The molecule has 4 heteroatoms. The van der Waals surface area contributed by atoms with Gasteiger partial charge in [0.15, 0.2) is 5.75 Å². The Hall–Kier alpha value is -0.440. The van der Waals surface area contributed by atoms with Gasteiger partial charge in [-0.05, 0) is 37.4 Å². The lowest BCUT2D eigenvalue weighted by Crippen LogP contribution is -2.26. The Kier molecular flexibility index (Phi) is 5.61. The molecule has 1 fully saturated rings. The van der Waals surface area contributed by atoms with Crippen molar-refractivity contribution in [3.05, 3.63) is 28.2 Å². The van der Waals surface area contributed by atoms with Crippen LogP contribution in [0.25, 0.3) is 0 Å². The molecule has 1 aromatic carbocycles. The molecule has 2 rings (SSSR count). The molecule has 0 radical (unpaired) electrons. The molecule has 0 aromatic heterocycles. The average molecular weight is 288 g/mol. The van der Waals surface area contributed by atoms with Crippen LogP contribution in [0.5, 0.6) is 5.75 Å². The normalized spacial score (nSPS) is 16.1. The highest BCUT2D eigenvalue weighted by Gasteiger charge is 2.13. The Morgan fingerprint density at radius 2 is 1.83 bits per heavy atom. The predicted molar refractivity (Wildman–Crippen MR) is 76.8 cm³/mol. The number of hydrogen-bond donors (Lipinski definition) is 1. The summed E-state index contributed by atoms with van der Waals surface area (Å²) in [4.78, 5) is 0. The molecule has 0 saturated heterocycles. The fourth-order valence-electron chi connectivity index (χ4n) is 2.37. The first-order valence-electron chi connectivity index (χ1n) is 6.55. The molecular formula is C14H19Cl2NO. The van der Waals surface area contributed by atoms with Crippen molar-refractivity contribution in [3.8, 4) is 5.75 Å². The molecule has 0 bridgehead atoms. The van der Waals surface area contributed by atoms with Gasteiger partial charge in [0.1, 0.15) is 6.61 Å². The monoisotopic (exact) mass is 287 g/mol. The molecule has 1 N–H and O–H groups in total. The molecule has 0 atom stereocenters. The summed E-state index contributed by atoms with van der Waals surface area (Å²) in [6.07, 6.45) is 5.50. The first kappa shape index (κ1) is 14.0. The van der Waals surface area contributed by atoms with Gasteiger partial charge >= 0.3 is 0 Å². The highest BCUT2D eigenvalue weighted by atomic mass is 35.5. The molecule has 2 nitrogen and oxygen atoms in total. The molecule has 1 aliphatic rings. The summed E-state index contributed by atoms with van der Waals surface area (Å²) < 4.78 is 5.61. The van der Waals surface area contributed by atoms with Crippen LogP contribution in [0.2, 0.25) is 10.0 Å². The lowest BCUT2D eigenvalue weighted by molar-refractivity contribution is 0.309. The molecule has 1 aromatic rings. The lowest BCUT2D eigenvalue weighted by Gasteiger charge is -2.12. The number of halogens is 2. The molecule has 1 aliphatic carbocycles. The zero-order valence-corrected chi connectivity index (χ0v) is 11.9. The van der Waals surface area contributed by atoms with Crippen molar-refractivity contribution in [2.75, 3.05) is 19.7 Å². The van der Waals surface area contributed by atoms with E-state index in [1.54, 1.807) is 12.1 Å². The van der Waals surface area contributed by atoms with E-state index in [-0.39, 0.29) is 0 Å². The van der Waals surface area contributed by atoms with Crippen LogP contribution in [0, 0.1) is 5.92 Å². The van der Waals surface area contributed by atoms with Gasteiger partial charge in [-0.25, -0.2) is 0 Å². The van der Waals surface area contributed by atoms with Crippen LogP contribution in [0.3, 0.4) is 0 Å². The van der Waals surface area contributed by atoms with E-state index in [0.717, 1.165) is 19.0 Å². The number of hydrogen-bond acceptors (Lipinski definition) is 2. The summed E-state index contributed by atoms with van der Waals surface area (Å²) in [7, 11) is 0. The number of ether oxygens (including phenoxy) is 1. The number of rotatable bonds is 6. The smallest absolute Gasteiger partial charge is 0.156 e. The summed E-state index contributed by atoms with van der Waals surface area (Å²) >= 11 is 12.0. The van der Waals surface area contributed by atoms with Crippen molar-refractivity contribution >= 4 is 23.2 Å². The van der Waals surface area contributed by atoms with E-state index < -0.39 is 0 Å². The van der Waals surface area contributed by atoms with Crippen LogP contribution in [-0.4, -0.2) is 19.7 Å². The van der Waals surface area contributed by atoms with Gasteiger partial charge in [-0.1, -0.05) is 42.1 Å². The maximum atomic E-state index is 6.02. The third kappa shape index (κ3) is 4.04. The zero-order chi connectivity index (χ0) is 12.8. The van der Waals surface area contributed by atoms with Crippen LogP contribution in [0.1, 0.15) is 25.7 Å². The zero-order valence-electron chi connectivity index (χ0n) is 10.4. The lowest BCUT2D eigenvalue weighted by atomic mass is 10.1. The SMILES string of the molecule is Clc1cccc(Cl)c1OCCNCC1CCCC1. The fourth-order valence-corrected chi connectivity index (χ4v) is 2.87. The van der Waals surface area contributed by atoms with E-state index in [0.29, 0.717) is 22.4 Å². The predicted octanol–water partition coefficient (Wildman–Crippen LogP) is 4.15. The third-order valence-corrected chi connectivity index (χ3v) is 3.95. The highest BCUT2D eigenvalue weighted by molar-refractivity contribution is 6.37. The van der Waals surface area contributed by atoms with Crippen LogP contribution in [0.4, 0.5) is 0 Å². The van der Waals surface area contributed by atoms with Gasteiger partial charge in [0.2, 0.25) is 0 Å². The van der Waals surface area contributed by atoms with Gasteiger partial charge in [-0.3, -0.25) is 0 Å². The van der Waals surface area contributed by atoms with Crippen molar-refractivity contribution in [1.82, 2.24) is 5.32 Å². The van der Waals surface area contributed by atoms with Gasteiger partial charge in [0, 0.05) is 6.54 Å². The van der Waals surface area contributed by atoms with Crippen molar-refractivity contribution in [2.45, 2.75) is 25.7 Å². The molecule has 18 heavy (non-hydrogen) atoms. The molecule has 0 heterocycles. The first-order chi connectivity index (χ1) is 8.77. The second-order valence-corrected chi connectivity index (χ2v) is 5.57. The molecule has 0 amide bonds. The van der Waals surface area contributed by atoms with Crippen LogP contribution < -0.4 is 10.1 Å². The quantitative estimate of drug-likeness (QED) is 0.794. The maximum Gasteiger partial charge on any atom is 0.156 e. The highest BCUT2D eigenvalue weighted by Crippen LogP contribution is 2.32. The van der Waals surface area contributed by atoms with E-state index >= 15 is 0 Å². The van der Waals surface area contributed by atoms with E-state index in [1.807, 2.05) is 6.07 Å². The standard InChI is InChI=1S/C14H19Cl2NO/c15-12-6-3-7-13(16)14(12)18-9-8-17-10-11-4-1-2-5-11/h3,6-7,11,17H,1-2,4-5,8-10H2. The van der Waals surface area contributed by atoms with Gasteiger partial charge in [0.05, 0.1) is 10.0 Å². The minimum absolute atomic E-state index is 0.568. The van der Waals surface area contributed by atoms with Gasteiger partial charge in [-0.2, -0.15) is 0 Å². The Morgan fingerprint density at radius 3 is 2.50 bits per heavy atom. The van der Waals surface area contributed by atoms with Crippen molar-refractivity contribution in [1.29, 1.82) is 0 Å². The largest absolute Gasteiger partial charge is 0.489 e. The van der Waals surface area contributed by atoms with Gasteiger partial charge < -0.3 is 10.1 Å². The van der Waals surface area contributed by atoms with Crippen molar-refractivity contribution in [3.63, 3.8) is 0 Å². The Morgan fingerprint density at radius 1 is 1.17 bits per heavy atom. The average Bonchev–Trinajstić information content (AvgIpc) is 2.85. The van der Waals surface area contributed by atoms with Crippen molar-refractivity contribution < 1.29 is 4.74 Å². The molecule has 0 spiro atoms. The molecular weight excluding hydrogens is 269 g/mol. The van der Waals surface area contributed by atoms with Crippen LogP contribution >= 0.6 is 23.2 Å². The van der Waals surface area contributed by atoms with E-state index in [1.165, 1.54) is 25.7 Å². The van der Waals surface area contributed by atoms with E-state index in [2.05, 4.69) is 5.32 Å². The van der Waals surface area contributed by atoms with Crippen LogP contribution in [0.15, 0.2) is 18.2 Å². The minimum atomic E-state index is 0.568. The fraction of sp³-hybridized carbons (Fsp3) is 0.571. The molecule has 0 unspecified atom stereocenters. The Balaban J connectivity index is 1.65. The van der Waals surface area contributed by atoms with Gasteiger partial charge in [-0.15, -0.1) is 0 Å². The summed E-state index contributed by atoms with van der Waals surface area (Å²) in [5, 5.41) is 4.56. The van der Waals surface area contributed by atoms with Crippen LogP contribution in [-0.2, 0) is 0 Å². The molecule has 100 valence electrons. The van der Waals surface area contributed by atoms with E-state index in [9.17, 15) is 0 Å². The number of nitrogens with one attached hydrogen (secondary N) is 1. The Labute approximate surface area is 119 Å².